The van der Waals surface area contributed by atoms with Crippen molar-refractivity contribution in [2.75, 3.05) is 6.54 Å². The van der Waals surface area contributed by atoms with E-state index in [2.05, 4.69) is 15.6 Å². The van der Waals surface area contributed by atoms with Gasteiger partial charge in [0.15, 0.2) is 0 Å². The molecular weight excluding hydrogens is 252 g/mol. The highest BCUT2D eigenvalue weighted by atomic mass is 35.5. The van der Waals surface area contributed by atoms with Crippen LogP contribution in [-0.2, 0) is 13.1 Å². The SMILES string of the molecule is Oc1cccc(Cl)c1CNCCCn1ccnn1. The van der Waals surface area contributed by atoms with Gasteiger partial charge in [0, 0.05) is 29.9 Å². The molecule has 1 aromatic carbocycles. The number of phenolic OH excluding ortho intramolecular Hbond substituents is 1. The molecule has 0 bridgehead atoms. The number of phenols is 1. The molecule has 0 saturated heterocycles. The quantitative estimate of drug-likeness (QED) is 0.783. The average Bonchev–Trinajstić information content (AvgIpc) is 2.85. The maximum atomic E-state index is 9.65. The first-order chi connectivity index (χ1) is 8.77. The molecule has 2 aromatic rings. The third-order valence-corrected chi connectivity index (χ3v) is 2.96. The summed E-state index contributed by atoms with van der Waals surface area (Å²) in [6.07, 6.45) is 4.43. The van der Waals surface area contributed by atoms with Crippen molar-refractivity contribution in [2.45, 2.75) is 19.5 Å². The van der Waals surface area contributed by atoms with Crippen molar-refractivity contribution < 1.29 is 5.11 Å². The molecule has 0 fully saturated rings. The summed E-state index contributed by atoms with van der Waals surface area (Å²) < 4.78 is 1.79. The number of rotatable bonds is 6. The lowest BCUT2D eigenvalue weighted by atomic mass is 10.2. The summed E-state index contributed by atoms with van der Waals surface area (Å²) in [6.45, 7) is 2.20. The van der Waals surface area contributed by atoms with Crippen molar-refractivity contribution in [3.05, 3.63) is 41.2 Å². The zero-order chi connectivity index (χ0) is 12.8. The first-order valence-corrected chi connectivity index (χ1v) is 6.16. The van der Waals surface area contributed by atoms with Gasteiger partial charge in [0.05, 0.1) is 6.20 Å². The summed E-state index contributed by atoms with van der Waals surface area (Å²) in [5.74, 6) is 0.228. The molecule has 6 heteroatoms. The van der Waals surface area contributed by atoms with Crippen LogP contribution in [-0.4, -0.2) is 26.6 Å². The second-order valence-electron chi connectivity index (χ2n) is 3.93. The number of hydrogen-bond acceptors (Lipinski definition) is 4. The highest BCUT2D eigenvalue weighted by molar-refractivity contribution is 6.31. The molecule has 0 spiro atoms. The second kappa shape index (κ2) is 6.37. The molecule has 96 valence electrons. The van der Waals surface area contributed by atoms with Crippen LogP contribution >= 0.6 is 11.6 Å². The van der Waals surface area contributed by atoms with E-state index < -0.39 is 0 Å². The number of nitrogens with one attached hydrogen (secondary N) is 1. The topological polar surface area (TPSA) is 63.0 Å². The maximum Gasteiger partial charge on any atom is 0.121 e. The van der Waals surface area contributed by atoms with E-state index in [-0.39, 0.29) is 5.75 Å². The lowest BCUT2D eigenvalue weighted by molar-refractivity contribution is 0.462. The highest BCUT2D eigenvalue weighted by Gasteiger charge is 2.04. The predicted molar refractivity (Wildman–Crippen MR) is 69.5 cm³/mol. The minimum absolute atomic E-state index is 0.228. The molecule has 2 N–H and O–H groups in total. The molecule has 1 aromatic heterocycles. The van der Waals surface area contributed by atoms with Crippen molar-refractivity contribution in [3.8, 4) is 5.75 Å². The van der Waals surface area contributed by atoms with Crippen LogP contribution in [0, 0.1) is 0 Å². The Kier molecular flexibility index (Phi) is 4.55. The fourth-order valence-corrected chi connectivity index (χ4v) is 1.89. The van der Waals surface area contributed by atoms with E-state index in [9.17, 15) is 5.11 Å². The second-order valence-corrected chi connectivity index (χ2v) is 4.34. The van der Waals surface area contributed by atoms with Crippen LogP contribution in [0.2, 0.25) is 5.02 Å². The van der Waals surface area contributed by atoms with Gasteiger partial charge in [-0.2, -0.15) is 0 Å². The Morgan fingerprint density at radius 3 is 3.00 bits per heavy atom. The number of benzene rings is 1. The van der Waals surface area contributed by atoms with Crippen LogP contribution in [0.3, 0.4) is 0 Å². The van der Waals surface area contributed by atoms with Crippen LogP contribution in [0.15, 0.2) is 30.6 Å². The molecule has 5 nitrogen and oxygen atoms in total. The van der Waals surface area contributed by atoms with Gasteiger partial charge >= 0.3 is 0 Å². The van der Waals surface area contributed by atoms with Crippen LogP contribution in [0.5, 0.6) is 5.75 Å². The number of nitrogens with zero attached hydrogens (tertiary/aromatic N) is 3. The summed E-state index contributed by atoms with van der Waals surface area (Å²) in [5, 5.41) is 21.1. The normalized spacial score (nSPS) is 10.7. The zero-order valence-corrected chi connectivity index (χ0v) is 10.6. The summed E-state index contributed by atoms with van der Waals surface area (Å²) in [7, 11) is 0. The molecule has 1 heterocycles. The fraction of sp³-hybridized carbons (Fsp3) is 0.333. The Morgan fingerprint density at radius 1 is 1.39 bits per heavy atom. The van der Waals surface area contributed by atoms with Crippen LogP contribution in [0.1, 0.15) is 12.0 Å². The first kappa shape index (κ1) is 12.9. The third kappa shape index (κ3) is 3.45. The number of aryl methyl sites for hydroxylation is 1. The summed E-state index contributed by atoms with van der Waals surface area (Å²) >= 11 is 6.00. The Balaban J connectivity index is 1.72. The van der Waals surface area contributed by atoms with Gasteiger partial charge in [-0.15, -0.1) is 5.10 Å². The number of hydrogen-bond donors (Lipinski definition) is 2. The summed E-state index contributed by atoms with van der Waals surface area (Å²) in [5.41, 5.74) is 0.736. The molecule has 0 saturated carbocycles. The third-order valence-electron chi connectivity index (χ3n) is 2.61. The Bertz CT molecular complexity index is 467. The van der Waals surface area contributed by atoms with Crippen molar-refractivity contribution in [3.63, 3.8) is 0 Å². The first-order valence-electron chi connectivity index (χ1n) is 5.78. The molecular formula is C12H15ClN4O. The van der Waals surface area contributed by atoms with Crippen LogP contribution in [0.4, 0.5) is 0 Å². The molecule has 0 amide bonds. The standard InChI is InChI=1S/C12H15ClN4O/c13-11-3-1-4-12(18)10(11)9-14-5-2-7-17-8-6-15-16-17/h1,3-4,6,8,14,18H,2,5,7,9H2. The van der Waals surface area contributed by atoms with E-state index >= 15 is 0 Å². The molecule has 0 aliphatic heterocycles. The van der Waals surface area contributed by atoms with E-state index in [0.29, 0.717) is 11.6 Å². The van der Waals surface area contributed by atoms with E-state index in [1.165, 1.54) is 0 Å². The zero-order valence-electron chi connectivity index (χ0n) is 9.88. The van der Waals surface area contributed by atoms with Gasteiger partial charge in [-0.1, -0.05) is 22.9 Å². The number of aromatic hydroxyl groups is 1. The van der Waals surface area contributed by atoms with Crippen molar-refractivity contribution in [1.82, 2.24) is 20.3 Å². The van der Waals surface area contributed by atoms with Crippen LogP contribution < -0.4 is 5.32 Å². The van der Waals surface area contributed by atoms with E-state index in [1.807, 2.05) is 6.20 Å². The predicted octanol–water partition coefficient (Wildman–Crippen LogP) is 1.82. The lowest BCUT2D eigenvalue weighted by Gasteiger charge is -2.08. The largest absolute Gasteiger partial charge is 0.508 e. The Hall–Kier alpha value is -1.59. The van der Waals surface area contributed by atoms with Gasteiger partial charge in [0.1, 0.15) is 5.75 Å². The van der Waals surface area contributed by atoms with Crippen molar-refractivity contribution in [2.24, 2.45) is 0 Å². The number of aromatic nitrogens is 3. The molecule has 0 atom stereocenters. The van der Waals surface area contributed by atoms with Gasteiger partial charge in [0.25, 0.3) is 0 Å². The van der Waals surface area contributed by atoms with Crippen LogP contribution in [0.25, 0.3) is 0 Å². The average molecular weight is 267 g/mol. The highest BCUT2D eigenvalue weighted by Crippen LogP contribution is 2.24. The monoisotopic (exact) mass is 266 g/mol. The summed E-state index contributed by atoms with van der Waals surface area (Å²) in [6, 6.07) is 5.14. The van der Waals surface area contributed by atoms with Gasteiger partial charge in [0.2, 0.25) is 0 Å². The van der Waals surface area contributed by atoms with E-state index in [0.717, 1.165) is 25.1 Å². The van der Waals surface area contributed by atoms with Gasteiger partial charge in [-0.25, -0.2) is 0 Å². The maximum absolute atomic E-state index is 9.65. The lowest BCUT2D eigenvalue weighted by Crippen LogP contribution is -2.17. The van der Waals surface area contributed by atoms with E-state index in [1.54, 1.807) is 29.1 Å². The number of halogens is 1. The molecule has 2 rings (SSSR count). The molecule has 18 heavy (non-hydrogen) atoms. The van der Waals surface area contributed by atoms with Crippen molar-refractivity contribution >= 4 is 11.6 Å². The Labute approximate surface area is 110 Å². The van der Waals surface area contributed by atoms with Gasteiger partial charge < -0.3 is 10.4 Å². The molecule has 0 aliphatic rings. The van der Waals surface area contributed by atoms with Gasteiger partial charge in [-0.05, 0) is 25.1 Å². The molecule has 0 radical (unpaired) electrons. The van der Waals surface area contributed by atoms with Gasteiger partial charge in [-0.3, -0.25) is 4.68 Å². The minimum Gasteiger partial charge on any atom is -0.508 e. The molecule has 0 unspecified atom stereocenters. The van der Waals surface area contributed by atoms with E-state index in [4.69, 9.17) is 11.6 Å². The molecule has 0 aliphatic carbocycles. The minimum atomic E-state index is 0.228. The summed E-state index contributed by atoms with van der Waals surface area (Å²) in [4.78, 5) is 0. The smallest absolute Gasteiger partial charge is 0.121 e. The fourth-order valence-electron chi connectivity index (χ4n) is 1.65. The Morgan fingerprint density at radius 2 is 2.28 bits per heavy atom. The van der Waals surface area contributed by atoms with Crippen molar-refractivity contribution in [1.29, 1.82) is 0 Å².